The van der Waals surface area contributed by atoms with Crippen molar-refractivity contribution in [3.8, 4) is 5.75 Å². The summed E-state index contributed by atoms with van der Waals surface area (Å²) in [5, 5.41) is 0. The number of amides is 1. The maximum Gasteiger partial charge on any atom is 0.222 e. The first-order chi connectivity index (χ1) is 12.2. The molecule has 0 saturated carbocycles. The first kappa shape index (κ1) is 18.2. The van der Waals surface area contributed by atoms with Crippen LogP contribution >= 0.6 is 0 Å². The largest absolute Gasteiger partial charge is 0.497 e. The van der Waals surface area contributed by atoms with Crippen LogP contribution in [0.3, 0.4) is 0 Å². The number of hydrogen-bond donors (Lipinski definition) is 0. The van der Waals surface area contributed by atoms with Crippen molar-refractivity contribution in [2.45, 2.75) is 38.2 Å². The van der Waals surface area contributed by atoms with Gasteiger partial charge in [-0.15, -0.1) is 0 Å². The Hall–Kier alpha value is -1.59. The van der Waals surface area contributed by atoms with E-state index in [4.69, 9.17) is 14.2 Å². The summed E-state index contributed by atoms with van der Waals surface area (Å²) < 4.78 is 16.7. The van der Waals surface area contributed by atoms with Crippen molar-refractivity contribution in [1.82, 2.24) is 4.90 Å². The molecule has 0 unspecified atom stereocenters. The van der Waals surface area contributed by atoms with Crippen LogP contribution in [-0.2, 0) is 20.7 Å². The van der Waals surface area contributed by atoms with Crippen LogP contribution in [0, 0.1) is 5.41 Å². The fraction of sp³-hybridized carbons (Fsp3) is 0.650. The van der Waals surface area contributed by atoms with Crippen molar-refractivity contribution >= 4 is 5.91 Å². The van der Waals surface area contributed by atoms with Crippen LogP contribution in [0.2, 0.25) is 0 Å². The van der Waals surface area contributed by atoms with E-state index in [1.165, 1.54) is 0 Å². The van der Waals surface area contributed by atoms with E-state index in [-0.39, 0.29) is 17.4 Å². The lowest BCUT2D eigenvalue weighted by Crippen LogP contribution is -2.58. The molecule has 0 aromatic heterocycles. The topological polar surface area (TPSA) is 48.0 Å². The molecule has 25 heavy (non-hydrogen) atoms. The van der Waals surface area contributed by atoms with Gasteiger partial charge in [0.05, 0.1) is 19.8 Å². The molecule has 0 bridgehead atoms. The molecule has 5 nitrogen and oxygen atoms in total. The molecule has 2 heterocycles. The van der Waals surface area contributed by atoms with Gasteiger partial charge in [-0.1, -0.05) is 12.1 Å². The SMILES string of the molecule is COC[C@]12CCCO[C@@H]1CCN(C(=O)CCc1cccc(OC)c1)C2. The summed E-state index contributed by atoms with van der Waals surface area (Å²) in [6, 6.07) is 7.94. The number of hydrogen-bond acceptors (Lipinski definition) is 4. The minimum atomic E-state index is -0.0309. The summed E-state index contributed by atoms with van der Waals surface area (Å²) in [5.74, 6) is 1.06. The van der Waals surface area contributed by atoms with E-state index in [1.807, 2.05) is 29.2 Å². The van der Waals surface area contributed by atoms with E-state index in [1.54, 1.807) is 14.2 Å². The van der Waals surface area contributed by atoms with Crippen LogP contribution in [0.25, 0.3) is 0 Å². The number of benzene rings is 1. The van der Waals surface area contributed by atoms with Crippen molar-refractivity contribution in [3.63, 3.8) is 0 Å². The Balaban J connectivity index is 1.60. The van der Waals surface area contributed by atoms with Crippen LogP contribution in [-0.4, -0.2) is 57.4 Å². The highest BCUT2D eigenvalue weighted by molar-refractivity contribution is 5.76. The fourth-order valence-corrected chi connectivity index (χ4v) is 4.24. The Bertz CT molecular complexity index is 587. The molecular formula is C20H29NO4. The Labute approximate surface area is 150 Å². The number of fused-ring (bicyclic) bond motifs is 1. The molecule has 0 radical (unpaired) electrons. The van der Waals surface area contributed by atoms with Gasteiger partial charge < -0.3 is 19.1 Å². The molecule has 0 aliphatic carbocycles. The predicted octanol–water partition coefficient (Wildman–Crippen LogP) is 2.67. The molecule has 2 atom stereocenters. The summed E-state index contributed by atoms with van der Waals surface area (Å²) in [5.41, 5.74) is 1.10. The highest BCUT2D eigenvalue weighted by Crippen LogP contribution is 2.40. The lowest BCUT2D eigenvalue weighted by Gasteiger charge is -2.50. The number of piperidine rings is 1. The summed E-state index contributed by atoms with van der Waals surface area (Å²) in [6.07, 6.45) is 4.53. The van der Waals surface area contributed by atoms with Gasteiger partial charge in [-0.25, -0.2) is 0 Å². The zero-order valence-corrected chi connectivity index (χ0v) is 15.3. The monoisotopic (exact) mass is 347 g/mol. The van der Waals surface area contributed by atoms with Gasteiger partial charge in [-0.2, -0.15) is 0 Å². The second-order valence-electron chi connectivity index (χ2n) is 7.21. The van der Waals surface area contributed by atoms with Crippen LogP contribution < -0.4 is 4.74 Å². The van der Waals surface area contributed by atoms with Gasteiger partial charge in [0.25, 0.3) is 0 Å². The smallest absolute Gasteiger partial charge is 0.222 e. The number of ether oxygens (including phenoxy) is 3. The van der Waals surface area contributed by atoms with Crippen LogP contribution in [0.1, 0.15) is 31.2 Å². The Morgan fingerprint density at radius 3 is 3.08 bits per heavy atom. The number of nitrogens with zero attached hydrogens (tertiary/aromatic N) is 1. The second-order valence-corrected chi connectivity index (χ2v) is 7.21. The summed E-state index contributed by atoms with van der Waals surface area (Å²) in [7, 11) is 3.40. The molecule has 0 spiro atoms. The predicted molar refractivity (Wildman–Crippen MR) is 95.8 cm³/mol. The highest BCUT2D eigenvalue weighted by Gasteiger charge is 2.46. The van der Waals surface area contributed by atoms with Gasteiger partial charge in [0.15, 0.2) is 0 Å². The first-order valence-corrected chi connectivity index (χ1v) is 9.18. The molecular weight excluding hydrogens is 318 g/mol. The normalized spacial score (nSPS) is 26.2. The fourth-order valence-electron chi connectivity index (χ4n) is 4.24. The summed E-state index contributed by atoms with van der Waals surface area (Å²) in [6.45, 7) is 3.03. The molecule has 1 amide bonds. The van der Waals surface area contributed by atoms with Gasteiger partial charge in [0.1, 0.15) is 5.75 Å². The average molecular weight is 347 g/mol. The zero-order chi connectivity index (χ0) is 17.7. The minimum Gasteiger partial charge on any atom is -0.497 e. The van der Waals surface area contributed by atoms with Gasteiger partial charge in [0, 0.05) is 38.6 Å². The molecule has 1 aromatic carbocycles. The van der Waals surface area contributed by atoms with Crippen molar-refractivity contribution in [2.75, 3.05) is 40.5 Å². The quantitative estimate of drug-likeness (QED) is 0.794. The van der Waals surface area contributed by atoms with Crippen LogP contribution in [0.4, 0.5) is 0 Å². The Morgan fingerprint density at radius 2 is 2.28 bits per heavy atom. The molecule has 5 heteroatoms. The van der Waals surface area contributed by atoms with E-state index >= 15 is 0 Å². The second kappa shape index (κ2) is 8.19. The molecule has 3 rings (SSSR count). The third kappa shape index (κ3) is 4.15. The standard InChI is InChI=1S/C20H29NO4/c1-23-15-20-10-4-12-25-18(20)9-11-21(14-20)19(22)8-7-16-5-3-6-17(13-16)24-2/h3,5-6,13,18H,4,7-12,14-15H2,1-2H3/t18-,20-/m1/s1. The lowest BCUT2D eigenvalue weighted by molar-refractivity contribution is -0.162. The van der Waals surface area contributed by atoms with E-state index in [0.717, 1.165) is 56.7 Å². The molecule has 0 N–H and O–H groups in total. The van der Waals surface area contributed by atoms with E-state index in [9.17, 15) is 4.79 Å². The number of rotatable bonds is 6. The molecule has 1 aromatic rings. The summed E-state index contributed by atoms with van der Waals surface area (Å²) >= 11 is 0. The molecule has 2 saturated heterocycles. The molecule has 2 fully saturated rings. The zero-order valence-electron chi connectivity index (χ0n) is 15.3. The van der Waals surface area contributed by atoms with Crippen molar-refractivity contribution in [3.05, 3.63) is 29.8 Å². The van der Waals surface area contributed by atoms with Crippen LogP contribution in [0.5, 0.6) is 5.75 Å². The lowest BCUT2D eigenvalue weighted by atomic mass is 9.73. The van der Waals surface area contributed by atoms with E-state index < -0.39 is 0 Å². The van der Waals surface area contributed by atoms with Gasteiger partial charge in [-0.3, -0.25) is 4.79 Å². The van der Waals surface area contributed by atoms with E-state index in [0.29, 0.717) is 13.0 Å². The van der Waals surface area contributed by atoms with E-state index in [2.05, 4.69) is 0 Å². The number of carbonyl (C=O) groups excluding carboxylic acids is 1. The number of carbonyl (C=O) groups is 1. The number of aryl methyl sites for hydroxylation is 1. The summed E-state index contributed by atoms with van der Waals surface area (Å²) in [4.78, 5) is 14.8. The number of methoxy groups -OCH3 is 2. The van der Waals surface area contributed by atoms with Crippen molar-refractivity contribution in [1.29, 1.82) is 0 Å². The highest BCUT2D eigenvalue weighted by atomic mass is 16.5. The van der Waals surface area contributed by atoms with Crippen molar-refractivity contribution in [2.24, 2.45) is 5.41 Å². The van der Waals surface area contributed by atoms with Gasteiger partial charge in [0.2, 0.25) is 5.91 Å². The molecule has 138 valence electrons. The third-order valence-electron chi connectivity index (χ3n) is 5.53. The number of likely N-dealkylation sites (tertiary alicyclic amines) is 1. The average Bonchev–Trinajstić information content (AvgIpc) is 2.65. The first-order valence-electron chi connectivity index (χ1n) is 9.18. The third-order valence-corrected chi connectivity index (χ3v) is 5.53. The van der Waals surface area contributed by atoms with Crippen molar-refractivity contribution < 1.29 is 19.0 Å². The Morgan fingerprint density at radius 1 is 1.40 bits per heavy atom. The Kier molecular flexibility index (Phi) is 5.97. The maximum absolute atomic E-state index is 12.8. The maximum atomic E-state index is 12.8. The van der Waals surface area contributed by atoms with Gasteiger partial charge in [-0.05, 0) is 43.4 Å². The van der Waals surface area contributed by atoms with Crippen LogP contribution in [0.15, 0.2) is 24.3 Å². The van der Waals surface area contributed by atoms with Gasteiger partial charge >= 0.3 is 0 Å². The molecule has 2 aliphatic rings. The molecule has 2 aliphatic heterocycles. The minimum absolute atomic E-state index is 0.0309.